The molecule has 5 aromatic rings. The van der Waals surface area contributed by atoms with Crippen LogP contribution in [0.5, 0.6) is 23.0 Å². The molecule has 4 amide bonds. The van der Waals surface area contributed by atoms with E-state index in [0.717, 1.165) is 5.56 Å². The van der Waals surface area contributed by atoms with E-state index in [4.69, 9.17) is 14.2 Å². The third-order valence-corrected chi connectivity index (χ3v) is 13.0. The minimum Gasteiger partial charge on any atom is -0.493 e. The van der Waals surface area contributed by atoms with Crippen LogP contribution in [-0.2, 0) is 35.1 Å². The number of aryl methyl sites for hydroxylation is 1. The Kier molecular flexibility index (Phi) is 11.5. The molecule has 3 saturated heterocycles. The molecule has 2 atom stereocenters. The van der Waals surface area contributed by atoms with E-state index < -0.39 is 47.5 Å². The summed E-state index contributed by atoms with van der Waals surface area (Å²) in [5, 5.41) is 7.35. The van der Waals surface area contributed by atoms with Gasteiger partial charge < -0.3 is 19.1 Å². The summed E-state index contributed by atoms with van der Waals surface area (Å²) >= 11 is 0. The number of imide groups is 2. The number of ether oxygens (including phenoxy) is 3. The smallest absolute Gasteiger partial charge is 0.275 e. The Morgan fingerprint density at radius 3 is 2.34 bits per heavy atom. The van der Waals surface area contributed by atoms with Crippen molar-refractivity contribution in [1.29, 1.82) is 0 Å². The number of anilines is 1. The number of methoxy groups -OCH3 is 1. The highest BCUT2D eigenvalue weighted by atomic mass is 19.3. The van der Waals surface area contributed by atoms with Crippen LogP contribution < -0.4 is 24.4 Å². The Morgan fingerprint density at radius 1 is 0.877 bits per heavy atom. The molecule has 1 N–H and O–H groups in total. The number of pyridine rings is 1. The molecule has 0 bridgehead atoms. The molecular weight excluding hydrogens is 846 g/mol. The number of hydrogen-bond acceptors (Lipinski definition) is 12. The fraction of sp³-hybridized carbons (Fsp3) is 0.404. The number of alkyl halides is 2. The third-order valence-electron chi connectivity index (χ3n) is 13.0. The molecular formula is C47H49F3N8O7. The molecule has 3 fully saturated rings. The number of benzene rings is 3. The van der Waals surface area contributed by atoms with Crippen LogP contribution in [0.25, 0.3) is 10.9 Å². The zero-order chi connectivity index (χ0) is 45.8. The van der Waals surface area contributed by atoms with Crippen molar-refractivity contribution in [3.8, 4) is 23.0 Å². The number of halogens is 3. The van der Waals surface area contributed by atoms with Crippen molar-refractivity contribution in [3.05, 3.63) is 101 Å². The van der Waals surface area contributed by atoms with Crippen LogP contribution in [0.2, 0.25) is 0 Å². The number of rotatable bonds is 12. The standard InChI is InChI=1S/C47H49F3N8O7/c1-5-64-37-22-29(8-11-35(37)63-4)26-58-43(60)31-13-16-51-42(40(31)44(58)61)57-20-18-56(19-21-57)38-14-17-55(27-47(38,49)50)25-28-6-9-30(10-7-28)65-36-24-34-32(23-33(36)48)41(53-54(34)3)46(2)15-12-39(59)52-45(46)62/h6-11,13,16,22-24,38H,5,12,14-15,17-21,25-27H2,1-4H3,(H,52,59,62). The molecule has 0 aliphatic carbocycles. The normalized spacial score (nSPS) is 21.5. The highest BCUT2D eigenvalue weighted by molar-refractivity contribution is 6.23. The lowest BCUT2D eigenvalue weighted by Gasteiger charge is -2.46. The van der Waals surface area contributed by atoms with Crippen molar-refractivity contribution in [2.45, 2.75) is 63.6 Å². The fourth-order valence-electron chi connectivity index (χ4n) is 9.52. The van der Waals surface area contributed by atoms with Gasteiger partial charge >= 0.3 is 0 Å². The van der Waals surface area contributed by atoms with Gasteiger partial charge in [-0.05, 0) is 74.2 Å². The molecule has 0 saturated carbocycles. The molecule has 4 aliphatic heterocycles. The van der Waals surface area contributed by atoms with Crippen LogP contribution in [0, 0.1) is 5.82 Å². The summed E-state index contributed by atoms with van der Waals surface area (Å²) in [5.74, 6) is -3.64. The Balaban J connectivity index is 0.798. The zero-order valence-electron chi connectivity index (χ0n) is 36.5. The second-order valence-corrected chi connectivity index (χ2v) is 17.2. The van der Waals surface area contributed by atoms with Crippen LogP contribution >= 0.6 is 0 Å². The Labute approximate surface area is 373 Å². The van der Waals surface area contributed by atoms with Gasteiger partial charge in [-0.3, -0.25) is 43.9 Å². The maximum atomic E-state index is 16.0. The minimum absolute atomic E-state index is 0.0286. The van der Waals surface area contributed by atoms with Crippen LogP contribution in [0.3, 0.4) is 0 Å². The second kappa shape index (κ2) is 17.1. The number of fused-ring (bicyclic) bond motifs is 2. The number of likely N-dealkylation sites (tertiary alicyclic amines) is 1. The Bertz CT molecular complexity index is 2700. The first kappa shape index (κ1) is 43.7. The first-order valence-electron chi connectivity index (χ1n) is 21.7. The molecule has 9 rings (SSSR count). The second-order valence-electron chi connectivity index (χ2n) is 17.2. The average Bonchev–Trinajstić information content (AvgIpc) is 3.73. The van der Waals surface area contributed by atoms with Crippen LogP contribution in [-0.4, -0.2) is 118 Å². The van der Waals surface area contributed by atoms with E-state index in [1.54, 1.807) is 72.1 Å². The first-order chi connectivity index (χ1) is 31.2. The summed E-state index contributed by atoms with van der Waals surface area (Å²) in [6.07, 6.45) is 2.16. The van der Waals surface area contributed by atoms with E-state index in [1.165, 1.54) is 30.3 Å². The Morgan fingerprint density at radius 2 is 1.63 bits per heavy atom. The van der Waals surface area contributed by atoms with Crippen molar-refractivity contribution >= 4 is 40.3 Å². The summed E-state index contributed by atoms with van der Waals surface area (Å²) in [6.45, 7) is 5.67. The number of hydrogen-bond donors (Lipinski definition) is 1. The summed E-state index contributed by atoms with van der Waals surface area (Å²) < 4.78 is 66.0. The summed E-state index contributed by atoms with van der Waals surface area (Å²) in [6, 6.07) is 15.5. The van der Waals surface area contributed by atoms with E-state index in [0.29, 0.717) is 84.6 Å². The predicted octanol–water partition coefficient (Wildman–Crippen LogP) is 5.83. The molecule has 340 valence electrons. The monoisotopic (exact) mass is 894 g/mol. The molecule has 3 aromatic carbocycles. The molecule has 2 aromatic heterocycles. The van der Waals surface area contributed by atoms with Gasteiger partial charge in [-0.2, -0.15) is 5.10 Å². The minimum atomic E-state index is -3.00. The lowest BCUT2D eigenvalue weighted by Crippen LogP contribution is -2.61. The van der Waals surface area contributed by atoms with Crippen LogP contribution in [0.1, 0.15) is 70.6 Å². The van der Waals surface area contributed by atoms with Gasteiger partial charge in [-0.1, -0.05) is 18.2 Å². The summed E-state index contributed by atoms with van der Waals surface area (Å²) in [5.41, 5.74) is 1.77. The van der Waals surface area contributed by atoms with E-state index in [-0.39, 0.29) is 55.1 Å². The molecule has 65 heavy (non-hydrogen) atoms. The fourth-order valence-corrected chi connectivity index (χ4v) is 9.52. The number of nitrogens with one attached hydrogen (secondary N) is 1. The van der Waals surface area contributed by atoms with Gasteiger partial charge in [0, 0.05) is 70.4 Å². The van der Waals surface area contributed by atoms with Crippen LogP contribution in [0.4, 0.5) is 19.0 Å². The summed E-state index contributed by atoms with van der Waals surface area (Å²) in [4.78, 5) is 63.1. The maximum Gasteiger partial charge on any atom is 0.275 e. The van der Waals surface area contributed by atoms with Crippen LogP contribution in [0.15, 0.2) is 66.9 Å². The van der Waals surface area contributed by atoms with Gasteiger partial charge in [0.1, 0.15) is 11.6 Å². The predicted molar refractivity (Wildman–Crippen MR) is 232 cm³/mol. The number of piperidine rings is 2. The van der Waals surface area contributed by atoms with E-state index >= 15 is 13.2 Å². The quantitative estimate of drug-likeness (QED) is 0.150. The van der Waals surface area contributed by atoms with E-state index in [1.807, 2.05) is 16.7 Å². The van der Waals surface area contributed by atoms with E-state index in [2.05, 4.69) is 15.4 Å². The van der Waals surface area contributed by atoms with Gasteiger partial charge in [-0.15, -0.1) is 0 Å². The van der Waals surface area contributed by atoms with Crippen molar-refractivity contribution in [2.24, 2.45) is 7.05 Å². The molecule has 0 radical (unpaired) electrons. The van der Waals surface area contributed by atoms with Gasteiger partial charge in [-0.25, -0.2) is 18.2 Å². The highest BCUT2D eigenvalue weighted by Crippen LogP contribution is 2.40. The molecule has 15 nitrogen and oxygen atoms in total. The molecule has 2 unspecified atom stereocenters. The topological polar surface area (TPSA) is 152 Å². The number of nitrogens with zero attached hydrogens (tertiary/aromatic N) is 7. The number of aromatic nitrogens is 3. The van der Waals surface area contributed by atoms with Gasteiger partial charge in [0.2, 0.25) is 11.8 Å². The zero-order valence-corrected chi connectivity index (χ0v) is 36.5. The average molecular weight is 895 g/mol. The molecule has 18 heteroatoms. The number of carbonyl (C=O) groups excluding carboxylic acids is 4. The third kappa shape index (κ3) is 8.13. The Hall–Kier alpha value is -6.53. The maximum absolute atomic E-state index is 16.0. The van der Waals surface area contributed by atoms with Gasteiger partial charge in [0.15, 0.2) is 23.1 Å². The van der Waals surface area contributed by atoms with Gasteiger partial charge in [0.25, 0.3) is 17.7 Å². The first-order valence-corrected chi connectivity index (χ1v) is 21.7. The lowest BCUT2D eigenvalue weighted by molar-refractivity contribution is -0.137. The lowest BCUT2D eigenvalue weighted by atomic mass is 9.77. The number of piperazine rings is 1. The number of amides is 4. The highest BCUT2D eigenvalue weighted by Gasteiger charge is 2.49. The number of carbonyl (C=O) groups is 4. The largest absolute Gasteiger partial charge is 0.493 e. The van der Waals surface area contributed by atoms with E-state index in [9.17, 15) is 19.2 Å². The van der Waals surface area contributed by atoms with Crippen molar-refractivity contribution in [3.63, 3.8) is 0 Å². The molecule has 0 spiro atoms. The van der Waals surface area contributed by atoms with Crippen molar-refractivity contribution in [1.82, 2.24) is 34.8 Å². The van der Waals surface area contributed by atoms with Crippen molar-refractivity contribution in [2.75, 3.05) is 57.9 Å². The van der Waals surface area contributed by atoms with Gasteiger partial charge in [0.05, 0.1) is 60.6 Å². The molecule has 4 aliphatic rings. The van der Waals surface area contributed by atoms with Crippen molar-refractivity contribution < 1.29 is 46.6 Å². The SMILES string of the molecule is CCOc1cc(CN2C(=O)c3ccnc(N4CCN(C5CCN(Cc6ccc(Oc7cc8c(cc7F)c(C7(C)CCC(=O)NC7=O)nn8C)cc6)CC5(F)F)CC4)c3C2=O)ccc1OC. The molecule has 6 heterocycles. The summed E-state index contributed by atoms with van der Waals surface area (Å²) in [7, 11) is 3.22.